The summed E-state index contributed by atoms with van der Waals surface area (Å²) >= 11 is 6.68. The Morgan fingerprint density at radius 2 is 2.03 bits per heavy atom. The number of rotatable bonds is 6. The molecule has 1 fully saturated rings. The largest absolute Gasteiger partial charge is 0.494 e. The molecule has 0 saturated heterocycles. The van der Waals surface area contributed by atoms with Gasteiger partial charge in [-0.1, -0.05) is 11.6 Å². The Balaban J connectivity index is 1.61. The van der Waals surface area contributed by atoms with Gasteiger partial charge in [0, 0.05) is 30.3 Å². The fourth-order valence-corrected chi connectivity index (χ4v) is 3.74. The van der Waals surface area contributed by atoms with E-state index in [4.69, 9.17) is 22.1 Å². The highest BCUT2D eigenvalue weighted by Crippen LogP contribution is 2.36. The molecule has 152 valence electrons. The molecule has 1 aliphatic rings. The van der Waals surface area contributed by atoms with Crippen LogP contribution in [0, 0.1) is 5.92 Å². The van der Waals surface area contributed by atoms with E-state index in [0.29, 0.717) is 40.7 Å². The van der Waals surface area contributed by atoms with Crippen molar-refractivity contribution in [1.82, 2.24) is 14.6 Å². The highest BCUT2D eigenvalue weighted by atomic mass is 35.5. The number of hydrogen-bond acceptors (Lipinski definition) is 6. The summed E-state index contributed by atoms with van der Waals surface area (Å²) in [6.07, 6.45) is 9.60. The van der Waals surface area contributed by atoms with Gasteiger partial charge in [0.25, 0.3) is 0 Å². The zero-order valence-corrected chi connectivity index (χ0v) is 17.1. The molecular weight excluding hydrogens is 388 g/mol. The molecule has 0 radical (unpaired) electrons. The van der Waals surface area contributed by atoms with Crippen LogP contribution in [0.15, 0.2) is 41.7 Å². The fourth-order valence-electron chi connectivity index (χ4n) is 3.52. The third-order valence-electron chi connectivity index (χ3n) is 5.12. The summed E-state index contributed by atoms with van der Waals surface area (Å²) in [5.41, 5.74) is 8.19. The van der Waals surface area contributed by atoms with Gasteiger partial charge >= 0.3 is 0 Å². The molecule has 4 rings (SSSR count). The Hall–Kier alpha value is -2.64. The average Bonchev–Trinajstić information content (AvgIpc) is 3.20. The van der Waals surface area contributed by atoms with Gasteiger partial charge in [0.05, 0.1) is 6.61 Å². The molecular formula is C21H25ClN6O. The van der Waals surface area contributed by atoms with E-state index < -0.39 is 0 Å². The molecule has 1 aromatic carbocycles. The minimum absolute atomic E-state index is 0.313. The third-order valence-corrected chi connectivity index (χ3v) is 5.48. The number of halogens is 1. The van der Waals surface area contributed by atoms with Gasteiger partial charge in [-0.2, -0.15) is 0 Å². The second kappa shape index (κ2) is 8.80. The van der Waals surface area contributed by atoms with Gasteiger partial charge in [-0.15, -0.1) is 5.10 Å². The van der Waals surface area contributed by atoms with Crippen molar-refractivity contribution in [2.75, 3.05) is 11.9 Å². The van der Waals surface area contributed by atoms with Gasteiger partial charge in [-0.25, -0.2) is 14.5 Å². The molecule has 0 aliphatic heterocycles. The highest BCUT2D eigenvalue weighted by molar-refractivity contribution is 6.36. The number of nitrogens with one attached hydrogen (secondary N) is 1. The van der Waals surface area contributed by atoms with E-state index in [1.54, 1.807) is 16.9 Å². The van der Waals surface area contributed by atoms with Gasteiger partial charge in [-0.3, -0.25) is 0 Å². The van der Waals surface area contributed by atoms with Crippen molar-refractivity contribution in [3.8, 4) is 5.75 Å². The number of aliphatic imine (C=N–C) groups is 1. The van der Waals surface area contributed by atoms with Crippen LogP contribution in [0.2, 0.25) is 5.02 Å². The van der Waals surface area contributed by atoms with E-state index in [9.17, 15) is 0 Å². The van der Waals surface area contributed by atoms with Gasteiger partial charge < -0.3 is 15.8 Å². The van der Waals surface area contributed by atoms with Crippen LogP contribution in [0.4, 0.5) is 17.2 Å². The molecule has 0 atom stereocenters. The van der Waals surface area contributed by atoms with Gasteiger partial charge in [0.2, 0.25) is 0 Å². The highest BCUT2D eigenvalue weighted by Gasteiger charge is 2.18. The predicted molar refractivity (Wildman–Crippen MR) is 117 cm³/mol. The van der Waals surface area contributed by atoms with Gasteiger partial charge in [0.15, 0.2) is 11.5 Å². The first kappa shape index (κ1) is 19.7. The normalized spacial score (nSPS) is 19.7. The van der Waals surface area contributed by atoms with Crippen LogP contribution < -0.4 is 15.8 Å². The summed E-state index contributed by atoms with van der Waals surface area (Å²) in [6, 6.07) is 8.02. The lowest BCUT2D eigenvalue weighted by molar-refractivity contribution is 0.340. The zero-order chi connectivity index (χ0) is 20.2. The molecule has 8 heteroatoms. The maximum absolute atomic E-state index is 6.68. The summed E-state index contributed by atoms with van der Waals surface area (Å²) in [5, 5.41) is 8.31. The number of nitrogens with zero attached hydrogens (tertiary/aromatic N) is 4. The summed E-state index contributed by atoms with van der Waals surface area (Å²) in [5.74, 6) is 1.71. The monoisotopic (exact) mass is 412 g/mol. The summed E-state index contributed by atoms with van der Waals surface area (Å²) in [7, 11) is 0. The standard InChI is InChI=1S/C21H25ClN6O/c1-2-29-17-9-7-16(8-10-17)26-19-18(22)20(27-28-12-11-24-21(19)28)25-13-14-3-5-15(23)6-4-14/h7-15,26H,2-6,23H2,1H3. The molecule has 2 heterocycles. The van der Waals surface area contributed by atoms with Crippen molar-refractivity contribution in [1.29, 1.82) is 0 Å². The fraction of sp³-hybridized carbons (Fsp3) is 0.381. The first-order valence-corrected chi connectivity index (χ1v) is 10.3. The number of nitrogens with two attached hydrogens (primary N) is 1. The Labute approximate surface area is 174 Å². The van der Waals surface area contributed by atoms with Crippen molar-refractivity contribution in [2.24, 2.45) is 16.6 Å². The van der Waals surface area contributed by atoms with Crippen LogP contribution >= 0.6 is 11.6 Å². The lowest BCUT2D eigenvalue weighted by Crippen LogP contribution is -2.26. The Morgan fingerprint density at radius 3 is 2.76 bits per heavy atom. The summed E-state index contributed by atoms with van der Waals surface area (Å²) in [6.45, 7) is 2.59. The number of aromatic nitrogens is 3. The maximum atomic E-state index is 6.68. The quantitative estimate of drug-likeness (QED) is 0.570. The molecule has 7 nitrogen and oxygen atoms in total. The Morgan fingerprint density at radius 1 is 1.28 bits per heavy atom. The van der Waals surface area contributed by atoms with Crippen LogP contribution in [0.3, 0.4) is 0 Å². The molecule has 0 spiro atoms. The first-order chi connectivity index (χ1) is 14.1. The zero-order valence-electron chi connectivity index (χ0n) is 16.4. The minimum atomic E-state index is 0.313. The lowest BCUT2D eigenvalue weighted by Gasteiger charge is -2.22. The predicted octanol–water partition coefficient (Wildman–Crippen LogP) is 4.74. The molecule has 3 N–H and O–H groups in total. The van der Waals surface area contributed by atoms with Crippen molar-refractivity contribution in [3.63, 3.8) is 0 Å². The van der Waals surface area contributed by atoms with Crippen molar-refractivity contribution in [3.05, 3.63) is 41.7 Å². The van der Waals surface area contributed by atoms with Crippen LogP contribution in [-0.2, 0) is 0 Å². The van der Waals surface area contributed by atoms with Crippen LogP contribution in [0.25, 0.3) is 5.65 Å². The van der Waals surface area contributed by atoms with E-state index in [2.05, 4.69) is 20.4 Å². The van der Waals surface area contributed by atoms with Crippen LogP contribution in [-0.4, -0.2) is 33.5 Å². The first-order valence-electron chi connectivity index (χ1n) is 9.96. The molecule has 3 aromatic rings. The van der Waals surface area contributed by atoms with Crippen molar-refractivity contribution >= 4 is 40.7 Å². The van der Waals surface area contributed by atoms with E-state index in [1.165, 1.54) is 0 Å². The summed E-state index contributed by atoms with van der Waals surface area (Å²) < 4.78 is 7.19. The topological polar surface area (TPSA) is 89.8 Å². The number of imidazole rings is 1. The number of benzene rings is 1. The maximum Gasteiger partial charge on any atom is 0.193 e. The number of hydrogen-bond donors (Lipinski definition) is 2. The average molecular weight is 413 g/mol. The second-order valence-electron chi connectivity index (χ2n) is 7.24. The number of fused-ring (bicyclic) bond motifs is 1. The number of anilines is 2. The molecule has 0 bridgehead atoms. The van der Waals surface area contributed by atoms with Gasteiger partial charge in [0.1, 0.15) is 16.5 Å². The minimum Gasteiger partial charge on any atom is -0.494 e. The third kappa shape index (κ3) is 4.52. The molecule has 1 saturated carbocycles. The molecule has 0 unspecified atom stereocenters. The Bertz CT molecular complexity index is 992. The number of ether oxygens (including phenoxy) is 1. The van der Waals surface area contributed by atoms with E-state index >= 15 is 0 Å². The van der Waals surface area contributed by atoms with Gasteiger partial charge in [-0.05, 0) is 62.8 Å². The van der Waals surface area contributed by atoms with Crippen molar-refractivity contribution in [2.45, 2.75) is 38.6 Å². The van der Waals surface area contributed by atoms with Crippen molar-refractivity contribution < 1.29 is 4.74 Å². The molecule has 1 aliphatic carbocycles. The molecule has 0 amide bonds. The lowest BCUT2D eigenvalue weighted by atomic mass is 9.87. The van der Waals surface area contributed by atoms with E-state index in [-0.39, 0.29) is 0 Å². The Kier molecular flexibility index (Phi) is 5.97. The molecule has 29 heavy (non-hydrogen) atoms. The van der Waals surface area contributed by atoms with Crippen LogP contribution in [0.5, 0.6) is 5.75 Å². The van der Waals surface area contributed by atoms with Crippen LogP contribution in [0.1, 0.15) is 32.6 Å². The van der Waals surface area contributed by atoms with E-state index in [1.807, 2.05) is 37.4 Å². The SMILES string of the molecule is CCOc1ccc(Nc2c(Cl)c(N=CC3CCC(N)CC3)nn3ccnc23)cc1. The molecule has 2 aromatic heterocycles. The van der Waals surface area contributed by atoms with E-state index in [0.717, 1.165) is 37.1 Å². The summed E-state index contributed by atoms with van der Waals surface area (Å²) in [4.78, 5) is 8.99. The smallest absolute Gasteiger partial charge is 0.193 e. The second-order valence-corrected chi connectivity index (χ2v) is 7.62.